The van der Waals surface area contributed by atoms with E-state index >= 15 is 0 Å². The topological polar surface area (TPSA) is 75.4 Å². The lowest BCUT2D eigenvalue weighted by Gasteiger charge is -2.24. The molecular weight excluding hydrogens is 461 g/mol. The number of carbonyl (C=O) groups is 2. The number of hydrogen-bond acceptors (Lipinski definition) is 6. The van der Waals surface area contributed by atoms with E-state index in [2.05, 4.69) is 10.3 Å². The number of halogens is 1. The van der Waals surface area contributed by atoms with E-state index in [9.17, 15) is 14.0 Å². The minimum Gasteiger partial charge on any atom is -0.464 e. The van der Waals surface area contributed by atoms with Gasteiger partial charge in [-0.2, -0.15) is 0 Å². The zero-order valence-electron chi connectivity index (χ0n) is 17.7. The SMILES string of the molecule is Cc1nc(C(=O)N2CSC[C@H]2CNC(=O)c2cccc3occc23)c(-c2ccccc2F)s1. The van der Waals surface area contributed by atoms with Crippen LogP contribution in [0, 0.1) is 12.7 Å². The summed E-state index contributed by atoms with van der Waals surface area (Å²) in [5.41, 5.74) is 1.80. The smallest absolute Gasteiger partial charge is 0.275 e. The van der Waals surface area contributed by atoms with E-state index in [1.165, 1.54) is 17.4 Å². The quantitative estimate of drug-likeness (QED) is 0.437. The van der Waals surface area contributed by atoms with Gasteiger partial charge in [0.1, 0.15) is 17.1 Å². The zero-order valence-corrected chi connectivity index (χ0v) is 19.3. The minimum absolute atomic E-state index is 0.189. The van der Waals surface area contributed by atoms with Crippen LogP contribution in [-0.2, 0) is 0 Å². The second kappa shape index (κ2) is 8.99. The van der Waals surface area contributed by atoms with Crippen molar-refractivity contribution in [2.45, 2.75) is 13.0 Å². The van der Waals surface area contributed by atoms with E-state index in [0.717, 1.165) is 5.39 Å². The maximum atomic E-state index is 14.4. The van der Waals surface area contributed by atoms with E-state index in [1.54, 1.807) is 66.2 Å². The highest BCUT2D eigenvalue weighted by atomic mass is 32.2. The van der Waals surface area contributed by atoms with Gasteiger partial charge in [-0.3, -0.25) is 9.59 Å². The largest absolute Gasteiger partial charge is 0.464 e. The molecular formula is C24H20FN3O3S2. The fourth-order valence-corrected chi connectivity index (χ4v) is 6.05. The van der Waals surface area contributed by atoms with Crippen LogP contribution in [0.15, 0.2) is 59.2 Å². The molecule has 0 saturated carbocycles. The number of amides is 2. The van der Waals surface area contributed by atoms with Gasteiger partial charge in [0.15, 0.2) is 0 Å². The van der Waals surface area contributed by atoms with Crippen LogP contribution < -0.4 is 5.32 Å². The Balaban J connectivity index is 1.34. The number of nitrogens with zero attached hydrogens (tertiary/aromatic N) is 2. The van der Waals surface area contributed by atoms with Gasteiger partial charge in [-0.15, -0.1) is 23.1 Å². The van der Waals surface area contributed by atoms with Crippen molar-refractivity contribution in [2.24, 2.45) is 0 Å². The van der Waals surface area contributed by atoms with Crippen molar-refractivity contribution in [3.8, 4) is 10.4 Å². The highest BCUT2D eigenvalue weighted by Crippen LogP contribution is 2.34. The third kappa shape index (κ3) is 4.14. The first kappa shape index (κ1) is 21.7. The molecule has 2 aromatic heterocycles. The Morgan fingerprint density at radius 2 is 2.06 bits per heavy atom. The van der Waals surface area contributed by atoms with Crippen LogP contribution in [0.4, 0.5) is 4.39 Å². The first-order chi connectivity index (χ1) is 16.0. The molecule has 0 unspecified atom stereocenters. The molecule has 168 valence electrons. The number of furan rings is 1. The van der Waals surface area contributed by atoms with Crippen molar-refractivity contribution >= 4 is 45.9 Å². The normalized spacial score (nSPS) is 15.8. The molecule has 4 aromatic rings. The summed E-state index contributed by atoms with van der Waals surface area (Å²) >= 11 is 2.92. The number of nitrogens with one attached hydrogen (secondary N) is 1. The fraction of sp³-hybridized carbons (Fsp3) is 0.208. The summed E-state index contributed by atoms with van der Waals surface area (Å²) in [6.07, 6.45) is 1.55. The molecule has 1 N–H and O–H groups in total. The van der Waals surface area contributed by atoms with E-state index in [0.29, 0.717) is 44.8 Å². The Hall–Kier alpha value is -3.17. The van der Waals surface area contributed by atoms with Gasteiger partial charge < -0.3 is 14.6 Å². The summed E-state index contributed by atoms with van der Waals surface area (Å²) in [6, 6.07) is 13.3. The van der Waals surface area contributed by atoms with Crippen molar-refractivity contribution in [1.82, 2.24) is 15.2 Å². The number of carbonyl (C=O) groups excluding carboxylic acids is 2. The highest BCUT2D eigenvalue weighted by Gasteiger charge is 2.33. The van der Waals surface area contributed by atoms with E-state index in [1.807, 2.05) is 6.07 Å². The van der Waals surface area contributed by atoms with Gasteiger partial charge in [0.2, 0.25) is 0 Å². The number of thioether (sulfide) groups is 1. The number of aryl methyl sites for hydroxylation is 1. The van der Waals surface area contributed by atoms with Crippen LogP contribution in [0.25, 0.3) is 21.4 Å². The summed E-state index contributed by atoms with van der Waals surface area (Å²) < 4.78 is 19.8. The third-order valence-corrected chi connectivity index (χ3v) is 7.62. The molecule has 2 amide bonds. The van der Waals surface area contributed by atoms with Gasteiger partial charge in [0.25, 0.3) is 11.8 Å². The molecule has 33 heavy (non-hydrogen) atoms. The fourth-order valence-electron chi connectivity index (χ4n) is 3.91. The molecule has 3 heterocycles. The first-order valence-electron chi connectivity index (χ1n) is 10.4. The van der Waals surface area contributed by atoms with Gasteiger partial charge in [0, 0.05) is 23.2 Å². The minimum atomic E-state index is -0.386. The van der Waals surface area contributed by atoms with E-state index in [4.69, 9.17) is 4.42 Å². The molecule has 1 aliphatic heterocycles. The number of benzene rings is 2. The molecule has 1 fully saturated rings. The Labute approximate surface area is 197 Å². The first-order valence-corrected chi connectivity index (χ1v) is 12.4. The number of rotatable bonds is 5. The summed E-state index contributed by atoms with van der Waals surface area (Å²) in [5.74, 6) is 0.328. The van der Waals surface area contributed by atoms with Gasteiger partial charge >= 0.3 is 0 Å². The van der Waals surface area contributed by atoms with Crippen LogP contribution in [0.2, 0.25) is 0 Å². The Kier molecular flexibility index (Phi) is 5.90. The second-order valence-electron chi connectivity index (χ2n) is 7.67. The third-order valence-electron chi connectivity index (χ3n) is 5.54. The van der Waals surface area contributed by atoms with Gasteiger partial charge in [-0.05, 0) is 31.2 Å². The molecule has 0 spiro atoms. The van der Waals surface area contributed by atoms with Gasteiger partial charge in [0.05, 0.1) is 33.6 Å². The molecule has 2 aromatic carbocycles. The van der Waals surface area contributed by atoms with Gasteiger partial charge in [-0.25, -0.2) is 9.37 Å². The Morgan fingerprint density at radius 3 is 2.91 bits per heavy atom. The maximum Gasteiger partial charge on any atom is 0.275 e. The lowest BCUT2D eigenvalue weighted by Crippen LogP contribution is -2.44. The number of hydrogen-bond donors (Lipinski definition) is 1. The maximum absolute atomic E-state index is 14.4. The molecule has 0 bridgehead atoms. The average molecular weight is 482 g/mol. The lowest BCUT2D eigenvalue weighted by molar-refractivity contribution is 0.0732. The van der Waals surface area contributed by atoms with Crippen molar-refractivity contribution < 1.29 is 18.4 Å². The van der Waals surface area contributed by atoms with Crippen LogP contribution in [0.3, 0.4) is 0 Å². The summed E-state index contributed by atoms with van der Waals surface area (Å²) in [7, 11) is 0. The van der Waals surface area contributed by atoms with Crippen LogP contribution in [0.5, 0.6) is 0 Å². The van der Waals surface area contributed by atoms with Crippen LogP contribution in [0.1, 0.15) is 25.9 Å². The van der Waals surface area contributed by atoms with Crippen molar-refractivity contribution in [3.63, 3.8) is 0 Å². The zero-order chi connectivity index (χ0) is 22.9. The summed E-state index contributed by atoms with van der Waals surface area (Å²) in [5, 5.41) is 4.40. The molecule has 1 atom stereocenters. The van der Waals surface area contributed by atoms with Crippen molar-refractivity contribution in [3.05, 3.63) is 76.9 Å². The standard InChI is InChI=1S/C24H20FN3O3S2/c1-14-27-21(22(33-14)18-5-2-3-7-19(18)25)24(30)28-13-32-12-15(28)11-26-23(29)17-6-4-8-20-16(17)9-10-31-20/h2-10,15H,11-13H2,1H3,(H,26,29)/t15-/m1/s1. The van der Waals surface area contributed by atoms with Crippen molar-refractivity contribution in [1.29, 1.82) is 0 Å². The Morgan fingerprint density at radius 1 is 1.21 bits per heavy atom. The molecule has 6 nitrogen and oxygen atoms in total. The highest BCUT2D eigenvalue weighted by molar-refractivity contribution is 7.99. The lowest BCUT2D eigenvalue weighted by atomic mass is 10.1. The molecule has 9 heteroatoms. The number of thiazole rings is 1. The van der Waals surface area contributed by atoms with Crippen molar-refractivity contribution in [2.75, 3.05) is 18.2 Å². The second-order valence-corrected chi connectivity index (χ2v) is 9.87. The predicted molar refractivity (Wildman–Crippen MR) is 128 cm³/mol. The number of aromatic nitrogens is 1. The van der Waals surface area contributed by atoms with E-state index < -0.39 is 0 Å². The molecule has 1 aliphatic rings. The van der Waals surface area contributed by atoms with Crippen LogP contribution in [-0.4, -0.2) is 45.9 Å². The molecule has 1 saturated heterocycles. The van der Waals surface area contributed by atoms with Gasteiger partial charge in [-0.1, -0.05) is 24.3 Å². The summed E-state index contributed by atoms with van der Waals surface area (Å²) in [6.45, 7) is 2.11. The van der Waals surface area contributed by atoms with Crippen LogP contribution >= 0.6 is 23.1 Å². The molecule has 5 rings (SSSR count). The molecule has 0 aliphatic carbocycles. The number of fused-ring (bicyclic) bond motifs is 1. The average Bonchev–Trinajstić information content (AvgIpc) is 3.56. The summed E-state index contributed by atoms with van der Waals surface area (Å²) in [4.78, 5) is 32.9. The predicted octanol–water partition coefficient (Wildman–Crippen LogP) is 4.95. The Bertz CT molecular complexity index is 1350. The van der Waals surface area contributed by atoms with E-state index in [-0.39, 0.29) is 29.4 Å². The molecule has 0 radical (unpaired) electrons. The monoisotopic (exact) mass is 481 g/mol.